The number of nitrogens with one attached hydrogen (secondary N) is 2. The van der Waals surface area contributed by atoms with Crippen LogP contribution in [0.3, 0.4) is 0 Å². The second-order valence-electron chi connectivity index (χ2n) is 5.57. The van der Waals surface area contributed by atoms with E-state index in [2.05, 4.69) is 10.6 Å². The summed E-state index contributed by atoms with van der Waals surface area (Å²) in [5.74, 6) is 0.0440. The van der Waals surface area contributed by atoms with Crippen molar-refractivity contribution in [1.29, 1.82) is 0 Å². The Morgan fingerprint density at radius 2 is 2.15 bits per heavy atom. The first-order valence-corrected chi connectivity index (χ1v) is 7.20. The molecule has 1 amide bonds. The molecular weight excluding hydrogens is 257 g/mol. The molecule has 0 bridgehead atoms. The molecule has 5 heteroatoms. The fraction of sp³-hybridized carbons (Fsp3) is 0.533. The molecule has 4 nitrogen and oxygen atoms in total. The Morgan fingerprint density at radius 1 is 1.35 bits per heavy atom. The summed E-state index contributed by atoms with van der Waals surface area (Å²) >= 11 is 0. The highest BCUT2D eigenvalue weighted by Crippen LogP contribution is 2.19. The zero-order valence-corrected chi connectivity index (χ0v) is 11.4. The Labute approximate surface area is 118 Å². The molecule has 2 aliphatic heterocycles. The van der Waals surface area contributed by atoms with Crippen LogP contribution in [0.4, 0.5) is 10.1 Å². The number of nitrogens with zero attached hydrogens (tertiary/aromatic N) is 1. The van der Waals surface area contributed by atoms with E-state index in [1.165, 1.54) is 0 Å². The standard InChI is InChI=1S/C15H20FN3O/c16-11-6-7-19(10-11)15(20)14-8-13(9-17-14)18-12-4-2-1-3-5-12/h1-5,11,13-14,17-18H,6-10H2/t11?,13-,14-/m0/s1. The molecule has 3 atom stereocenters. The van der Waals surface area contributed by atoms with Crippen LogP contribution < -0.4 is 10.6 Å². The van der Waals surface area contributed by atoms with Gasteiger partial charge in [0.15, 0.2) is 0 Å². The van der Waals surface area contributed by atoms with Crippen LogP contribution in [0.25, 0.3) is 0 Å². The molecule has 2 saturated heterocycles. The van der Waals surface area contributed by atoms with E-state index >= 15 is 0 Å². The second kappa shape index (κ2) is 5.79. The Bertz CT molecular complexity index is 467. The normalized spacial score (nSPS) is 29.6. The van der Waals surface area contributed by atoms with Crippen molar-refractivity contribution in [3.05, 3.63) is 30.3 Å². The summed E-state index contributed by atoms with van der Waals surface area (Å²) < 4.78 is 13.2. The van der Waals surface area contributed by atoms with E-state index in [1.807, 2.05) is 30.3 Å². The number of halogens is 1. The van der Waals surface area contributed by atoms with Crippen molar-refractivity contribution < 1.29 is 9.18 Å². The summed E-state index contributed by atoms with van der Waals surface area (Å²) in [5.41, 5.74) is 1.07. The van der Waals surface area contributed by atoms with Crippen molar-refractivity contribution in [3.63, 3.8) is 0 Å². The van der Waals surface area contributed by atoms with Crippen LogP contribution in [0.5, 0.6) is 0 Å². The van der Waals surface area contributed by atoms with Gasteiger partial charge in [-0.1, -0.05) is 18.2 Å². The Hall–Kier alpha value is -1.62. The van der Waals surface area contributed by atoms with Gasteiger partial charge in [0.1, 0.15) is 6.17 Å². The summed E-state index contributed by atoms with van der Waals surface area (Å²) in [6.07, 6.45) is 0.379. The minimum Gasteiger partial charge on any atom is -0.381 e. The van der Waals surface area contributed by atoms with Gasteiger partial charge in [-0.15, -0.1) is 0 Å². The average Bonchev–Trinajstić information content (AvgIpc) is 3.08. The summed E-state index contributed by atoms with van der Waals surface area (Å²) in [6, 6.07) is 10.0. The van der Waals surface area contributed by atoms with E-state index in [-0.39, 0.29) is 24.5 Å². The minimum atomic E-state index is -0.849. The Kier molecular flexibility index (Phi) is 3.87. The van der Waals surface area contributed by atoms with Crippen LogP contribution in [0.2, 0.25) is 0 Å². The third-order valence-electron chi connectivity index (χ3n) is 4.02. The lowest BCUT2D eigenvalue weighted by Gasteiger charge is -2.20. The number of amides is 1. The first-order chi connectivity index (χ1) is 9.72. The average molecular weight is 277 g/mol. The molecule has 2 N–H and O–H groups in total. The number of anilines is 1. The van der Waals surface area contributed by atoms with Gasteiger partial charge in [0.2, 0.25) is 5.91 Å². The summed E-state index contributed by atoms with van der Waals surface area (Å²) in [6.45, 7) is 1.57. The van der Waals surface area contributed by atoms with Crippen LogP contribution in [0, 0.1) is 0 Å². The lowest BCUT2D eigenvalue weighted by Crippen LogP contribution is -2.42. The molecule has 2 heterocycles. The van der Waals surface area contributed by atoms with Gasteiger partial charge >= 0.3 is 0 Å². The number of hydrogen-bond acceptors (Lipinski definition) is 3. The third-order valence-corrected chi connectivity index (χ3v) is 4.02. The molecule has 0 radical (unpaired) electrons. The lowest BCUT2D eigenvalue weighted by molar-refractivity contribution is -0.132. The molecule has 1 aromatic carbocycles. The molecule has 108 valence electrons. The van der Waals surface area contributed by atoms with E-state index in [9.17, 15) is 9.18 Å². The van der Waals surface area contributed by atoms with Crippen molar-refractivity contribution in [2.75, 3.05) is 25.0 Å². The van der Waals surface area contributed by atoms with Crippen molar-refractivity contribution in [3.8, 4) is 0 Å². The molecule has 0 aliphatic carbocycles. The summed E-state index contributed by atoms with van der Waals surface area (Å²) in [7, 11) is 0. The summed E-state index contributed by atoms with van der Waals surface area (Å²) in [5, 5.41) is 6.66. The molecule has 1 aromatic rings. The number of hydrogen-bond donors (Lipinski definition) is 2. The molecule has 3 rings (SSSR count). The van der Waals surface area contributed by atoms with Crippen LogP contribution in [-0.4, -0.2) is 48.7 Å². The van der Waals surface area contributed by atoms with E-state index in [1.54, 1.807) is 4.90 Å². The first-order valence-electron chi connectivity index (χ1n) is 7.20. The molecular formula is C15H20FN3O. The monoisotopic (exact) mass is 277 g/mol. The topological polar surface area (TPSA) is 44.4 Å². The second-order valence-corrected chi connectivity index (χ2v) is 5.57. The number of carbonyl (C=O) groups excluding carboxylic acids is 1. The first kappa shape index (κ1) is 13.4. The maximum Gasteiger partial charge on any atom is 0.239 e. The summed E-state index contributed by atoms with van der Waals surface area (Å²) in [4.78, 5) is 13.9. The zero-order chi connectivity index (χ0) is 13.9. The predicted octanol–water partition coefficient (Wildman–Crippen LogP) is 1.40. The van der Waals surface area contributed by atoms with Crippen LogP contribution >= 0.6 is 0 Å². The van der Waals surface area contributed by atoms with Gasteiger partial charge in [-0.3, -0.25) is 4.79 Å². The molecule has 2 fully saturated rings. The van der Waals surface area contributed by atoms with Gasteiger partial charge in [0, 0.05) is 24.8 Å². The lowest BCUT2D eigenvalue weighted by atomic mass is 10.1. The number of benzene rings is 1. The van der Waals surface area contributed by atoms with Gasteiger partial charge in [-0.25, -0.2) is 4.39 Å². The van der Waals surface area contributed by atoms with Crippen molar-refractivity contribution in [2.45, 2.75) is 31.1 Å². The highest BCUT2D eigenvalue weighted by Gasteiger charge is 2.35. The fourth-order valence-corrected chi connectivity index (χ4v) is 2.94. The van der Waals surface area contributed by atoms with E-state index < -0.39 is 6.17 Å². The number of rotatable bonds is 3. The molecule has 1 unspecified atom stereocenters. The van der Waals surface area contributed by atoms with Gasteiger partial charge in [0.05, 0.1) is 12.6 Å². The number of alkyl halides is 1. The number of likely N-dealkylation sites (tertiary alicyclic amines) is 1. The molecule has 0 saturated carbocycles. The van der Waals surface area contributed by atoms with E-state index in [0.29, 0.717) is 13.0 Å². The third kappa shape index (κ3) is 2.93. The van der Waals surface area contributed by atoms with Crippen LogP contribution in [0.1, 0.15) is 12.8 Å². The fourth-order valence-electron chi connectivity index (χ4n) is 2.94. The van der Waals surface area contributed by atoms with E-state index in [0.717, 1.165) is 18.7 Å². The Balaban J connectivity index is 1.53. The smallest absolute Gasteiger partial charge is 0.239 e. The van der Waals surface area contributed by atoms with Gasteiger partial charge in [0.25, 0.3) is 0 Å². The van der Waals surface area contributed by atoms with Gasteiger partial charge in [-0.2, -0.15) is 0 Å². The van der Waals surface area contributed by atoms with Crippen LogP contribution in [-0.2, 0) is 4.79 Å². The van der Waals surface area contributed by atoms with Crippen molar-refractivity contribution in [1.82, 2.24) is 10.2 Å². The quantitative estimate of drug-likeness (QED) is 0.878. The minimum absolute atomic E-state index is 0.0440. The number of carbonyl (C=O) groups is 1. The van der Waals surface area contributed by atoms with Gasteiger partial charge < -0.3 is 15.5 Å². The van der Waals surface area contributed by atoms with E-state index in [4.69, 9.17) is 0 Å². The van der Waals surface area contributed by atoms with Crippen molar-refractivity contribution in [2.24, 2.45) is 0 Å². The Morgan fingerprint density at radius 3 is 2.85 bits per heavy atom. The maximum atomic E-state index is 13.2. The highest BCUT2D eigenvalue weighted by atomic mass is 19.1. The predicted molar refractivity (Wildman–Crippen MR) is 76.4 cm³/mol. The maximum absolute atomic E-state index is 13.2. The zero-order valence-electron chi connectivity index (χ0n) is 11.4. The highest BCUT2D eigenvalue weighted by molar-refractivity contribution is 5.82. The number of para-hydroxylation sites is 1. The van der Waals surface area contributed by atoms with Crippen LogP contribution in [0.15, 0.2) is 30.3 Å². The SMILES string of the molecule is O=C([C@@H]1C[C@H](Nc2ccccc2)CN1)N1CCC(F)C1. The molecule has 0 aromatic heterocycles. The molecule has 20 heavy (non-hydrogen) atoms. The molecule has 2 aliphatic rings. The van der Waals surface area contributed by atoms with Crippen molar-refractivity contribution >= 4 is 11.6 Å². The largest absolute Gasteiger partial charge is 0.381 e. The molecule has 0 spiro atoms. The van der Waals surface area contributed by atoms with Gasteiger partial charge in [-0.05, 0) is 25.0 Å².